The Hall–Kier alpha value is -1.35. The molecule has 0 radical (unpaired) electrons. The third kappa shape index (κ3) is 6.42. The van der Waals surface area contributed by atoms with E-state index >= 15 is 0 Å². The lowest BCUT2D eigenvalue weighted by Crippen LogP contribution is -2.41. The maximum atomic E-state index is 12.1. The van der Waals surface area contributed by atoms with Crippen molar-refractivity contribution in [3.8, 4) is 0 Å². The van der Waals surface area contributed by atoms with E-state index in [1.54, 1.807) is 0 Å². The Labute approximate surface area is 172 Å². The van der Waals surface area contributed by atoms with Crippen molar-refractivity contribution in [2.24, 2.45) is 10.7 Å². The van der Waals surface area contributed by atoms with Crippen molar-refractivity contribution >= 4 is 41.5 Å². The average molecular weight is 472 g/mol. The van der Waals surface area contributed by atoms with E-state index in [9.17, 15) is 4.79 Å². The van der Waals surface area contributed by atoms with Gasteiger partial charge in [0.05, 0.1) is 6.54 Å². The first-order valence-electron chi connectivity index (χ1n) is 9.28. The van der Waals surface area contributed by atoms with Crippen LogP contribution in [0, 0.1) is 0 Å². The first kappa shape index (κ1) is 21.0. The quantitative estimate of drug-likeness (QED) is 0.349. The molecule has 1 saturated carbocycles. The minimum absolute atomic E-state index is 0. The molecule has 1 aromatic carbocycles. The van der Waals surface area contributed by atoms with Crippen LogP contribution in [0.1, 0.15) is 50.5 Å². The summed E-state index contributed by atoms with van der Waals surface area (Å²) in [5.41, 5.74) is 7.79. The molecule has 0 spiro atoms. The molecule has 0 aromatic heterocycles. The van der Waals surface area contributed by atoms with E-state index in [1.807, 2.05) is 24.3 Å². The zero-order valence-electron chi connectivity index (χ0n) is 15.1. The number of rotatable bonds is 5. The van der Waals surface area contributed by atoms with Crippen molar-refractivity contribution in [1.29, 1.82) is 0 Å². The molecule has 3 rings (SSSR count). The molecule has 1 heterocycles. The predicted molar refractivity (Wildman–Crippen MR) is 115 cm³/mol. The molecule has 7 heteroatoms. The number of anilines is 1. The van der Waals surface area contributed by atoms with Crippen LogP contribution in [0.3, 0.4) is 0 Å². The summed E-state index contributed by atoms with van der Waals surface area (Å²) >= 11 is 0. The summed E-state index contributed by atoms with van der Waals surface area (Å²) in [4.78, 5) is 16.6. The molecule has 2 aliphatic rings. The van der Waals surface area contributed by atoms with Crippen molar-refractivity contribution < 1.29 is 9.53 Å². The number of halogens is 1. The minimum Gasteiger partial charge on any atom is -0.370 e. The first-order chi connectivity index (χ1) is 12.2. The van der Waals surface area contributed by atoms with Crippen molar-refractivity contribution in [3.63, 3.8) is 0 Å². The van der Waals surface area contributed by atoms with Crippen LogP contribution in [-0.4, -0.2) is 30.6 Å². The highest BCUT2D eigenvalue weighted by molar-refractivity contribution is 14.0. The Morgan fingerprint density at radius 3 is 2.73 bits per heavy atom. The summed E-state index contributed by atoms with van der Waals surface area (Å²) in [5.74, 6) is 0.428. The highest BCUT2D eigenvalue weighted by Crippen LogP contribution is 2.18. The van der Waals surface area contributed by atoms with Gasteiger partial charge in [-0.1, -0.05) is 31.4 Å². The number of carbonyl (C=O) groups excluding carboxylic acids is 1. The van der Waals surface area contributed by atoms with Crippen LogP contribution in [0.15, 0.2) is 29.3 Å². The van der Waals surface area contributed by atoms with Gasteiger partial charge < -0.3 is 21.1 Å². The van der Waals surface area contributed by atoms with Crippen molar-refractivity contribution in [1.82, 2.24) is 5.32 Å². The fraction of sp³-hybridized carbons (Fsp3) is 0.579. The van der Waals surface area contributed by atoms with Crippen molar-refractivity contribution in [3.05, 3.63) is 29.8 Å². The predicted octanol–water partition coefficient (Wildman–Crippen LogP) is 3.16. The number of nitrogens with two attached hydrogens (primary N) is 1. The van der Waals surface area contributed by atoms with Crippen LogP contribution in [0.2, 0.25) is 0 Å². The van der Waals surface area contributed by atoms with Gasteiger partial charge in [0.25, 0.3) is 5.91 Å². The highest BCUT2D eigenvalue weighted by atomic mass is 127. The lowest BCUT2D eigenvalue weighted by atomic mass is 9.96. The van der Waals surface area contributed by atoms with Gasteiger partial charge >= 0.3 is 0 Å². The third-order valence-electron chi connectivity index (χ3n) is 4.81. The molecule has 2 fully saturated rings. The summed E-state index contributed by atoms with van der Waals surface area (Å²) in [6, 6.07) is 8.17. The lowest BCUT2D eigenvalue weighted by molar-refractivity contribution is -0.124. The maximum absolute atomic E-state index is 12.1. The lowest BCUT2D eigenvalue weighted by Gasteiger charge is -2.23. The van der Waals surface area contributed by atoms with Crippen molar-refractivity contribution in [2.45, 2.75) is 63.6 Å². The van der Waals surface area contributed by atoms with E-state index in [2.05, 4.69) is 15.6 Å². The van der Waals surface area contributed by atoms with Crippen LogP contribution < -0.4 is 16.4 Å². The smallest absolute Gasteiger partial charge is 0.253 e. The number of nitrogens with one attached hydrogen (secondary N) is 2. The standard InChI is InChI=1S/C19H28N4O2.HI/c20-19(23-15-7-2-1-3-8-15)21-13-14-6-4-9-16(12-14)22-18(24)17-10-5-11-25-17;/h4,6,9,12,15,17H,1-3,5,7-8,10-11,13H2,(H,22,24)(H3,20,21,23);1H. The molecule has 6 nitrogen and oxygen atoms in total. The molecule has 26 heavy (non-hydrogen) atoms. The molecule has 1 atom stereocenters. The van der Waals surface area contributed by atoms with Gasteiger partial charge in [0.2, 0.25) is 0 Å². The summed E-state index contributed by atoms with van der Waals surface area (Å²) in [5, 5.41) is 6.23. The fourth-order valence-electron chi connectivity index (χ4n) is 3.43. The molecule has 1 aliphatic carbocycles. The normalized spacial score (nSPS) is 21.1. The summed E-state index contributed by atoms with van der Waals surface area (Å²) in [6.45, 7) is 1.16. The first-order valence-corrected chi connectivity index (χ1v) is 9.28. The summed E-state index contributed by atoms with van der Waals surface area (Å²) in [7, 11) is 0. The second-order valence-electron chi connectivity index (χ2n) is 6.87. The number of hydrogen-bond acceptors (Lipinski definition) is 3. The Balaban J connectivity index is 0.00000243. The number of guanidine groups is 1. The molecule has 4 N–H and O–H groups in total. The number of aliphatic imine (C=N–C) groups is 1. The van der Waals surface area contributed by atoms with E-state index in [-0.39, 0.29) is 36.0 Å². The number of carbonyl (C=O) groups is 1. The molecule has 1 aliphatic heterocycles. The van der Waals surface area contributed by atoms with Crippen LogP contribution in [0.4, 0.5) is 5.69 Å². The van der Waals surface area contributed by atoms with Crippen molar-refractivity contribution in [2.75, 3.05) is 11.9 Å². The van der Waals surface area contributed by atoms with Gasteiger partial charge in [-0.05, 0) is 43.4 Å². The largest absolute Gasteiger partial charge is 0.370 e. The third-order valence-corrected chi connectivity index (χ3v) is 4.81. The van der Waals surface area contributed by atoms with Crippen LogP contribution >= 0.6 is 24.0 Å². The Morgan fingerprint density at radius 1 is 1.19 bits per heavy atom. The monoisotopic (exact) mass is 472 g/mol. The second-order valence-corrected chi connectivity index (χ2v) is 6.87. The number of amides is 1. The average Bonchev–Trinajstić information content (AvgIpc) is 3.16. The molecule has 1 aromatic rings. The number of ether oxygens (including phenoxy) is 1. The molecule has 144 valence electrons. The molecule has 1 unspecified atom stereocenters. The number of nitrogens with zero attached hydrogens (tertiary/aromatic N) is 1. The fourth-order valence-corrected chi connectivity index (χ4v) is 3.43. The topological polar surface area (TPSA) is 88.7 Å². The summed E-state index contributed by atoms with van der Waals surface area (Å²) < 4.78 is 5.41. The van der Waals surface area contributed by atoms with E-state index in [0.29, 0.717) is 25.2 Å². The van der Waals surface area contributed by atoms with E-state index < -0.39 is 0 Å². The Morgan fingerprint density at radius 2 is 2.00 bits per heavy atom. The maximum Gasteiger partial charge on any atom is 0.253 e. The Kier molecular flexibility index (Phi) is 8.64. The number of hydrogen-bond donors (Lipinski definition) is 3. The molecular weight excluding hydrogens is 443 g/mol. The van der Waals surface area contributed by atoms with Gasteiger partial charge in [0.1, 0.15) is 6.10 Å². The molecular formula is C19H29IN4O2. The van der Waals surface area contributed by atoms with Gasteiger partial charge in [-0.15, -0.1) is 24.0 Å². The van der Waals surface area contributed by atoms with E-state index in [0.717, 1.165) is 24.1 Å². The summed E-state index contributed by atoms with van der Waals surface area (Å²) in [6.07, 6.45) is 7.59. The zero-order valence-corrected chi connectivity index (χ0v) is 17.4. The van der Waals surface area contributed by atoms with E-state index in [4.69, 9.17) is 10.5 Å². The van der Waals surface area contributed by atoms with Gasteiger partial charge in [-0.2, -0.15) is 0 Å². The van der Waals surface area contributed by atoms with E-state index in [1.165, 1.54) is 32.1 Å². The van der Waals surface area contributed by atoms with Gasteiger partial charge in [0.15, 0.2) is 5.96 Å². The van der Waals surface area contributed by atoms with Crippen LogP contribution in [0.5, 0.6) is 0 Å². The number of benzene rings is 1. The molecule has 1 saturated heterocycles. The van der Waals surface area contributed by atoms with Gasteiger partial charge in [-0.25, -0.2) is 4.99 Å². The van der Waals surface area contributed by atoms with Gasteiger partial charge in [0, 0.05) is 18.3 Å². The molecule has 1 amide bonds. The zero-order chi connectivity index (χ0) is 17.5. The SMILES string of the molecule is I.NC(=NCc1cccc(NC(=O)C2CCCO2)c1)NC1CCCCC1. The molecule has 0 bridgehead atoms. The van der Waals surface area contributed by atoms with Crippen LogP contribution in [-0.2, 0) is 16.1 Å². The highest BCUT2D eigenvalue weighted by Gasteiger charge is 2.23. The minimum atomic E-state index is -0.322. The van der Waals surface area contributed by atoms with Gasteiger partial charge in [-0.3, -0.25) is 4.79 Å². The van der Waals surface area contributed by atoms with Crippen LogP contribution in [0.25, 0.3) is 0 Å². The second kappa shape index (κ2) is 10.7. The Bertz CT molecular complexity index is 611.